The van der Waals surface area contributed by atoms with Gasteiger partial charge in [0.2, 0.25) is 0 Å². The van der Waals surface area contributed by atoms with Crippen LogP contribution in [0, 0.1) is 0 Å². The van der Waals surface area contributed by atoms with Crippen molar-refractivity contribution in [2.75, 3.05) is 0 Å². The maximum absolute atomic E-state index is 4.94. The van der Waals surface area contributed by atoms with Crippen molar-refractivity contribution in [2.45, 2.75) is 19.8 Å². The Morgan fingerprint density at radius 2 is 1.20 bits per heavy atom. The highest BCUT2D eigenvalue weighted by Gasteiger charge is 2.23. The fourth-order valence-electron chi connectivity index (χ4n) is 4.08. The molecule has 1 aliphatic rings. The third kappa shape index (κ3) is 1.99. The summed E-state index contributed by atoms with van der Waals surface area (Å²) in [5, 5.41) is 2.61. The van der Waals surface area contributed by atoms with E-state index < -0.39 is 0 Å². The Morgan fingerprint density at radius 1 is 0.640 bits per heavy atom. The van der Waals surface area contributed by atoms with Crippen LogP contribution in [0.25, 0.3) is 44.3 Å². The maximum Gasteiger partial charge on any atom is 0.0793 e. The lowest BCUT2D eigenvalue weighted by atomic mass is 9.91. The average Bonchev–Trinajstić information content (AvgIpc) is 2.77. The molecular weight excluding hydrogens is 302 g/mol. The molecule has 4 aromatic rings. The zero-order valence-corrected chi connectivity index (χ0v) is 14.5. The fraction of sp³-hybridized carbons (Fsp3) is 0.125. The highest BCUT2D eigenvalue weighted by atomic mass is 14.7. The summed E-state index contributed by atoms with van der Waals surface area (Å²) in [5.41, 5.74) is 8.77. The summed E-state index contributed by atoms with van der Waals surface area (Å²) in [6.45, 7) is 4.48. The van der Waals surface area contributed by atoms with Crippen molar-refractivity contribution >= 4 is 10.8 Å². The normalized spacial score (nSPS) is 12.0. The molecule has 0 atom stereocenters. The smallest absolute Gasteiger partial charge is 0.0793 e. The molecule has 0 N–H and O–H groups in total. The lowest BCUT2D eigenvalue weighted by Crippen LogP contribution is -1.95. The summed E-state index contributed by atoms with van der Waals surface area (Å²) in [5.74, 6) is 0.450. The van der Waals surface area contributed by atoms with E-state index in [4.69, 9.17) is 4.98 Å². The SMILES string of the molecule is CC(C)c1cnc2c3c(cccc13)-c1ccccc1-c1ccccc1-2. The molecule has 1 heterocycles. The number of benzene rings is 3. The van der Waals surface area contributed by atoms with Crippen molar-refractivity contribution in [2.24, 2.45) is 0 Å². The average molecular weight is 321 g/mol. The molecule has 1 heteroatoms. The van der Waals surface area contributed by atoms with Gasteiger partial charge in [-0.25, -0.2) is 0 Å². The first-order valence-electron chi connectivity index (χ1n) is 8.86. The maximum atomic E-state index is 4.94. The molecule has 0 amide bonds. The number of aromatic nitrogens is 1. The van der Waals surface area contributed by atoms with Crippen molar-refractivity contribution < 1.29 is 0 Å². The van der Waals surface area contributed by atoms with Gasteiger partial charge in [-0.3, -0.25) is 4.98 Å². The van der Waals surface area contributed by atoms with Crippen LogP contribution in [-0.2, 0) is 0 Å². The second-order valence-electron chi connectivity index (χ2n) is 7.04. The number of pyridine rings is 1. The molecule has 120 valence electrons. The third-order valence-corrected chi connectivity index (χ3v) is 5.26. The monoisotopic (exact) mass is 321 g/mol. The Kier molecular flexibility index (Phi) is 3.05. The lowest BCUT2D eigenvalue weighted by Gasteiger charge is -2.15. The van der Waals surface area contributed by atoms with E-state index in [0.717, 1.165) is 5.69 Å². The minimum absolute atomic E-state index is 0.450. The molecule has 1 aliphatic carbocycles. The molecule has 1 aromatic heterocycles. The minimum atomic E-state index is 0.450. The predicted molar refractivity (Wildman–Crippen MR) is 106 cm³/mol. The van der Waals surface area contributed by atoms with Crippen LogP contribution in [0.2, 0.25) is 0 Å². The van der Waals surface area contributed by atoms with Gasteiger partial charge in [-0.1, -0.05) is 80.6 Å². The molecule has 0 aliphatic heterocycles. The van der Waals surface area contributed by atoms with Crippen molar-refractivity contribution in [3.05, 3.63) is 78.5 Å². The topological polar surface area (TPSA) is 12.9 Å². The molecule has 3 aromatic carbocycles. The standard InChI is InChI=1S/C24H19N/c1-15(2)22-14-25-24-21-11-6-5-10-18(21)16-8-3-4-9-17(16)19-12-7-13-20(22)23(19)24/h3-15H,1-2H3. The molecule has 0 fully saturated rings. The van der Waals surface area contributed by atoms with Crippen LogP contribution in [0.4, 0.5) is 0 Å². The van der Waals surface area contributed by atoms with E-state index in [9.17, 15) is 0 Å². The van der Waals surface area contributed by atoms with Gasteiger partial charge < -0.3 is 0 Å². The Morgan fingerprint density at radius 3 is 1.88 bits per heavy atom. The number of nitrogens with zero attached hydrogens (tertiary/aromatic N) is 1. The van der Waals surface area contributed by atoms with Crippen LogP contribution >= 0.6 is 0 Å². The summed E-state index contributed by atoms with van der Waals surface area (Å²) in [6.07, 6.45) is 2.07. The molecule has 0 saturated carbocycles. The lowest BCUT2D eigenvalue weighted by molar-refractivity contribution is 0.869. The van der Waals surface area contributed by atoms with Gasteiger partial charge in [0.25, 0.3) is 0 Å². The number of fused-ring (bicyclic) bond motifs is 5. The summed E-state index contributed by atoms with van der Waals surface area (Å²) < 4.78 is 0. The quantitative estimate of drug-likeness (QED) is 0.336. The molecule has 0 saturated heterocycles. The summed E-state index contributed by atoms with van der Waals surface area (Å²) in [6, 6.07) is 24.0. The van der Waals surface area contributed by atoms with E-state index >= 15 is 0 Å². The van der Waals surface area contributed by atoms with Gasteiger partial charge in [0.1, 0.15) is 0 Å². The number of hydrogen-bond donors (Lipinski definition) is 0. The molecular formula is C24H19N. The Bertz CT molecular complexity index is 1070. The van der Waals surface area contributed by atoms with Gasteiger partial charge in [0.05, 0.1) is 5.69 Å². The Labute approximate surface area is 148 Å². The van der Waals surface area contributed by atoms with Crippen LogP contribution in [0.5, 0.6) is 0 Å². The Balaban J connectivity index is 2.05. The van der Waals surface area contributed by atoms with Gasteiger partial charge in [0, 0.05) is 17.1 Å². The predicted octanol–water partition coefficient (Wildman–Crippen LogP) is 6.67. The Hall–Kier alpha value is -2.93. The summed E-state index contributed by atoms with van der Waals surface area (Å²) in [7, 11) is 0. The first-order chi connectivity index (χ1) is 12.3. The van der Waals surface area contributed by atoms with Crippen molar-refractivity contribution in [3.8, 4) is 33.5 Å². The molecule has 0 radical (unpaired) electrons. The first kappa shape index (κ1) is 14.4. The molecule has 0 spiro atoms. The second-order valence-corrected chi connectivity index (χ2v) is 7.04. The van der Waals surface area contributed by atoms with Gasteiger partial charge in [-0.2, -0.15) is 0 Å². The number of rotatable bonds is 1. The summed E-state index contributed by atoms with van der Waals surface area (Å²) >= 11 is 0. The van der Waals surface area contributed by atoms with E-state index in [1.807, 2.05) is 0 Å². The largest absolute Gasteiger partial charge is 0.255 e. The van der Waals surface area contributed by atoms with Crippen molar-refractivity contribution in [1.29, 1.82) is 0 Å². The highest BCUT2D eigenvalue weighted by Crippen LogP contribution is 2.47. The van der Waals surface area contributed by atoms with Gasteiger partial charge in [0.15, 0.2) is 0 Å². The summed E-state index contributed by atoms with van der Waals surface area (Å²) in [4.78, 5) is 4.94. The third-order valence-electron chi connectivity index (χ3n) is 5.26. The van der Waals surface area contributed by atoms with Crippen LogP contribution in [0.3, 0.4) is 0 Å². The van der Waals surface area contributed by atoms with Crippen LogP contribution < -0.4 is 0 Å². The highest BCUT2D eigenvalue weighted by molar-refractivity contribution is 6.12. The van der Waals surface area contributed by atoms with Crippen molar-refractivity contribution in [3.63, 3.8) is 0 Å². The number of hydrogen-bond acceptors (Lipinski definition) is 1. The zero-order chi connectivity index (χ0) is 17.0. The van der Waals surface area contributed by atoms with Crippen LogP contribution in [-0.4, -0.2) is 4.98 Å². The van der Waals surface area contributed by atoms with E-state index in [1.165, 1.54) is 44.2 Å². The molecule has 25 heavy (non-hydrogen) atoms. The van der Waals surface area contributed by atoms with Crippen LogP contribution in [0.1, 0.15) is 25.3 Å². The first-order valence-corrected chi connectivity index (χ1v) is 8.86. The van der Waals surface area contributed by atoms with Crippen molar-refractivity contribution in [1.82, 2.24) is 4.98 Å². The van der Waals surface area contributed by atoms with E-state index in [2.05, 4.69) is 86.8 Å². The van der Waals surface area contributed by atoms with Gasteiger partial charge in [-0.05, 0) is 39.1 Å². The van der Waals surface area contributed by atoms with Gasteiger partial charge in [-0.15, -0.1) is 0 Å². The van der Waals surface area contributed by atoms with E-state index in [0.29, 0.717) is 5.92 Å². The van der Waals surface area contributed by atoms with Gasteiger partial charge >= 0.3 is 0 Å². The minimum Gasteiger partial charge on any atom is -0.255 e. The molecule has 0 bridgehead atoms. The molecule has 1 nitrogen and oxygen atoms in total. The van der Waals surface area contributed by atoms with E-state index in [1.54, 1.807) is 0 Å². The molecule has 5 rings (SSSR count). The zero-order valence-electron chi connectivity index (χ0n) is 14.5. The molecule has 0 unspecified atom stereocenters. The second kappa shape index (κ2) is 5.29. The van der Waals surface area contributed by atoms with Crippen LogP contribution in [0.15, 0.2) is 72.9 Å². The van der Waals surface area contributed by atoms with E-state index in [-0.39, 0.29) is 0 Å². The fourth-order valence-corrected chi connectivity index (χ4v) is 4.08.